The SMILES string of the molecule is COc1ccccc1C[C@@]1(C)NC(=O)N(CC(=O)N(C2CCCCC2)C2CCCCC2)C1=O. The average Bonchev–Trinajstić information content (AvgIpc) is 3.03. The molecule has 3 aliphatic rings. The minimum absolute atomic E-state index is 0.0844. The first kappa shape index (κ1) is 23.6. The van der Waals surface area contributed by atoms with Crippen molar-refractivity contribution in [3.8, 4) is 5.75 Å². The van der Waals surface area contributed by atoms with Gasteiger partial charge in [0.25, 0.3) is 5.91 Å². The highest BCUT2D eigenvalue weighted by molar-refractivity contribution is 6.09. The molecule has 2 aliphatic carbocycles. The number of carbonyl (C=O) groups is 3. The van der Waals surface area contributed by atoms with Gasteiger partial charge in [-0.2, -0.15) is 0 Å². The molecule has 0 unspecified atom stereocenters. The summed E-state index contributed by atoms with van der Waals surface area (Å²) in [4.78, 5) is 43.0. The van der Waals surface area contributed by atoms with Gasteiger partial charge in [0.15, 0.2) is 0 Å². The van der Waals surface area contributed by atoms with Gasteiger partial charge in [-0.15, -0.1) is 0 Å². The van der Waals surface area contributed by atoms with Crippen molar-refractivity contribution in [2.75, 3.05) is 13.7 Å². The van der Waals surface area contributed by atoms with Crippen LogP contribution in [0.4, 0.5) is 4.79 Å². The number of hydrogen-bond acceptors (Lipinski definition) is 4. The van der Waals surface area contributed by atoms with Crippen LogP contribution in [0.1, 0.15) is 76.7 Å². The molecule has 0 aromatic heterocycles. The summed E-state index contributed by atoms with van der Waals surface area (Å²) in [5, 5.41) is 2.84. The van der Waals surface area contributed by atoms with Crippen LogP contribution in [0.3, 0.4) is 0 Å². The number of hydrogen-bond donors (Lipinski definition) is 1. The number of imide groups is 1. The lowest BCUT2D eigenvalue weighted by atomic mass is 9.88. The molecule has 3 fully saturated rings. The van der Waals surface area contributed by atoms with Gasteiger partial charge < -0.3 is 15.0 Å². The average molecular weight is 456 g/mol. The second kappa shape index (κ2) is 10.1. The van der Waals surface area contributed by atoms with Crippen LogP contribution in [0.15, 0.2) is 24.3 Å². The van der Waals surface area contributed by atoms with Gasteiger partial charge in [0.2, 0.25) is 5.91 Å². The summed E-state index contributed by atoms with van der Waals surface area (Å²) in [5.41, 5.74) is -0.262. The lowest BCUT2D eigenvalue weighted by Crippen LogP contribution is -2.53. The van der Waals surface area contributed by atoms with E-state index in [1.165, 1.54) is 12.8 Å². The van der Waals surface area contributed by atoms with Gasteiger partial charge in [0, 0.05) is 18.5 Å². The summed E-state index contributed by atoms with van der Waals surface area (Å²) in [6, 6.07) is 7.47. The Balaban J connectivity index is 1.50. The number of methoxy groups -OCH3 is 1. The minimum atomic E-state index is -1.10. The largest absolute Gasteiger partial charge is 0.496 e. The molecule has 33 heavy (non-hydrogen) atoms. The van der Waals surface area contributed by atoms with E-state index in [0.717, 1.165) is 61.8 Å². The molecule has 1 saturated heterocycles. The van der Waals surface area contributed by atoms with Gasteiger partial charge in [0.05, 0.1) is 7.11 Å². The van der Waals surface area contributed by atoms with Crippen LogP contribution in [-0.2, 0) is 16.0 Å². The van der Waals surface area contributed by atoms with Crippen LogP contribution in [-0.4, -0.2) is 58.9 Å². The first-order chi connectivity index (χ1) is 15.9. The van der Waals surface area contributed by atoms with Crippen LogP contribution < -0.4 is 10.1 Å². The van der Waals surface area contributed by atoms with Crippen LogP contribution in [0.25, 0.3) is 0 Å². The maximum atomic E-state index is 13.6. The first-order valence-electron chi connectivity index (χ1n) is 12.5. The highest BCUT2D eigenvalue weighted by atomic mass is 16.5. The Kier molecular flexibility index (Phi) is 7.25. The molecule has 0 bridgehead atoms. The minimum Gasteiger partial charge on any atom is -0.496 e. The van der Waals surface area contributed by atoms with Crippen molar-refractivity contribution in [1.29, 1.82) is 0 Å². The van der Waals surface area contributed by atoms with E-state index < -0.39 is 11.6 Å². The standard InChI is InChI=1S/C26H37N3O4/c1-26(17-19-11-9-10-16-22(19)33-2)24(31)28(25(32)27-26)18-23(30)29(20-12-5-3-6-13-20)21-14-7-4-8-15-21/h9-11,16,20-21H,3-8,12-15,17-18H2,1-2H3,(H,27,32)/t26-/m1/s1. The molecule has 0 spiro atoms. The molecule has 7 heteroatoms. The Bertz CT molecular complexity index is 858. The summed E-state index contributed by atoms with van der Waals surface area (Å²) >= 11 is 0. The van der Waals surface area contributed by atoms with E-state index in [-0.39, 0.29) is 30.4 Å². The molecule has 1 heterocycles. The molecular weight excluding hydrogens is 418 g/mol. The Morgan fingerprint density at radius 1 is 1.03 bits per heavy atom. The van der Waals surface area contributed by atoms with Gasteiger partial charge in [-0.25, -0.2) is 4.79 Å². The van der Waals surface area contributed by atoms with Crippen LogP contribution in [0, 0.1) is 0 Å². The summed E-state index contributed by atoms with van der Waals surface area (Å²) in [7, 11) is 1.59. The maximum Gasteiger partial charge on any atom is 0.325 e. The van der Waals surface area contributed by atoms with Crippen molar-refractivity contribution >= 4 is 17.8 Å². The lowest BCUT2D eigenvalue weighted by molar-refractivity contribution is -0.143. The van der Waals surface area contributed by atoms with Gasteiger partial charge in [-0.05, 0) is 44.2 Å². The predicted molar refractivity (Wildman–Crippen MR) is 126 cm³/mol. The number of carbonyl (C=O) groups excluding carboxylic acids is 3. The zero-order valence-corrected chi connectivity index (χ0v) is 20.0. The monoisotopic (exact) mass is 455 g/mol. The summed E-state index contributed by atoms with van der Waals surface area (Å²) in [5.74, 6) is 0.244. The number of amides is 4. The molecule has 0 radical (unpaired) electrons. The number of urea groups is 1. The second-order valence-electron chi connectivity index (χ2n) is 10.0. The molecule has 1 aliphatic heterocycles. The number of nitrogens with one attached hydrogen (secondary N) is 1. The van der Waals surface area contributed by atoms with E-state index in [4.69, 9.17) is 4.74 Å². The Hall–Kier alpha value is -2.57. The van der Waals surface area contributed by atoms with Crippen molar-refractivity contribution in [3.63, 3.8) is 0 Å². The topological polar surface area (TPSA) is 79.0 Å². The van der Waals surface area contributed by atoms with Gasteiger partial charge in [0.1, 0.15) is 17.8 Å². The number of para-hydroxylation sites is 1. The molecule has 1 atom stereocenters. The van der Waals surface area contributed by atoms with Crippen molar-refractivity contribution < 1.29 is 19.1 Å². The number of benzene rings is 1. The van der Waals surface area contributed by atoms with Crippen molar-refractivity contribution in [3.05, 3.63) is 29.8 Å². The Morgan fingerprint density at radius 3 is 2.18 bits per heavy atom. The lowest BCUT2D eigenvalue weighted by Gasteiger charge is -2.42. The van der Waals surface area contributed by atoms with E-state index >= 15 is 0 Å². The molecule has 7 nitrogen and oxygen atoms in total. The highest BCUT2D eigenvalue weighted by Gasteiger charge is 2.49. The second-order valence-corrected chi connectivity index (χ2v) is 10.0. The molecule has 4 rings (SSSR count). The quantitative estimate of drug-likeness (QED) is 0.630. The van der Waals surface area contributed by atoms with Crippen LogP contribution >= 0.6 is 0 Å². The molecule has 1 aromatic carbocycles. The molecule has 2 saturated carbocycles. The van der Waals surface area contributed by atoms with Crippen LogP contribution in [0.2, 0.25) is 0 Å². The molecular formula is C26H37N3O4. The number of ether oxygens (including phenoxy) is 1. The third-order valence-corrected chi connectivity index (χ3v) is 7.60. The molecule has 4 amide bonds. The van der Waals surface area contributed by atoms with E-state index in [9.17, 15) is 14.4 Å². The highest BCUT2D eigenvalue weighted by Crippen LogP contribution is 2.32. The predicted octanol–water partition coefficient (Wildman–Crippen LogP) is 4.04. The van der Waals surface area contributed by atoms with Crippen molar-refractivity contribution in [1.82, 2.24) is 15.1 Å². The fraction of sp³-hybridized carbons (Fsp3) is 0.654. The third-order valence-electron chi connectivity index (χ3n) is 7.60. The fourth-order valence-electron chi connectivity index (χ4n) is 5.88. The molecule has 1 aromatic rings. The van der Waals surface area contributed by atoms with Gasteiger partial charge in [-0.3, -0.25) is 14.5 Å². The zero-order valence-electron chi connectivity index (χ0n) is 20.0. The summed E-state index contributed by atoms with van der Waals surface area (Å²) < 4.78 is 5.42. The first-order valence-corrected chi connectivity index (χ1v) is 12.5. The summed E-state index contributed by atoms with van der Waals surface area (Å²) in [6.45, 7) is 1.55. The van der Waals surface area contributed by atoms with E-state index in [2.05, 4.69) is 10.2 Å². The van der Waals surface area contributed by atoms with Gasteiger partial charge in [-0.1, -0.05) is 56.7 Å². The number of rotatable bonds is 7. The smallest absolute Gasteiger partial charge is 0.325 e. The van der Waals surface area contributed by atoms with Crippen molar-refractivity contribution in [2.24, 2.45) is 0 Å². The zero-order chi connectivity index (χ0) is 23.4. The number of nitrogens with zero attached hydrogens (tertiary/aromatic N) is 2. The molecule has 1 N–H and O–H groups in total. The Morgan fingerprint density at radius 2 is 1.61 bits per heavy atom. The third kappa shape index (κ3) is 5.02. The van der Waals surface area contributed by atoms with Crippen molar-refractivity contribution in [2.45, 2.75) is 95.2 Å². The molecule has 180 valence electrons. The van der Waals surface area contributed by atoms with E-state index in [1.54, 1.807) is 14.0 Å². The fourth-order valence-corrected chi connectivity index (χ4v) is 5.88. The van der Waals surface area contributed by atoms with E-state index in [1.807, 2.05) is 24.3 Å². The Labute approximate surface area is 196 Å². The van der Waals surface area contributed by atoms with E-state index in [0.29, 0.717) is 12.2 Å². The maximum absolute atomic E-state index is 13.6. The van der Waals surface area contributed by atoms with Crippen LogP contribution in [0.5, 0.6) is 5.75 Å². The summed E-state index contributed by atoms with van der Waals surface area (Å²) in [6.07, 6.45) is 11.4. The normalized spacial score (nSPS) is 24.6. The van der Waals surface area contributed by atoms with Gasteiger partial charge >= 0.3 is 6.03 Å².